The fourth-order valence-corrected chi connectivity index (χ4v) is 3.33. The number of fused-ring (bicyclic) bond motifs is 2. The molecule has 0 amide bonds. The maximum absolute atomic E-state index is 12.9. The number of aryl methyl sites for hydroxylation is 1. The lowest BCUT2D eigenvalue weighted by Crippen LogP contribution is -2.24. The van der Waals surface area contributed by atoms with Gasteiger partial charge >= 0.3 is 0 Å². The number of rotatable bonds is 2. The van der Waals surface area contributed by atoms with Crippen molar-refractivity contribution in [1.29, 1.82) is 0 Å². The van der Waals surface area contributed by atoms with E-state index in [4.69, 9.17) is 0 Å². The summed E-state index contributed by atoms with van der Waals surface area (Å²) in [5.41, 5.74) is 3.70. The molecule has 0 N–H and O–H groups in total. The summed E-state index contributed by atoms with van der Waals surface area (Å²) >= 11 is 0. The Bertz CT molecular complexity index is 844. The first kappa shape index (κ1) is 17.8. The third-order valence-electron chi connectivity index (χ3n) is 4.22. The van der Waals surface area contributed by atoms with Crippen LogP contribution in [0.1, 0.15) is 81.0 Å². The Morgan fingerprint density at radius 2 is 1.50 bits per heavy atom. The molecule has 0 saturated heterocycles. The van der Waals surface area contributed by atoms with Gasteiger partial charge in [0.05, 0.1) is 0 Å². The minimum absolute atomic E-state index is 0.0729. The minimum atomic E-state index is -0.162. The van der Waals surface area contributed by atoms with Gasteiger partial charge in [0.25, 0.3) is 0 Å². The number of ketones is 3. The molecule has 0 heterocycles. The largest absolute Gasteiger partial charge is 0.294 e. The second-order valence-corrected chi connectivity index (χ2v) is 5.58. The van der Waals surface area contributed by atoms with Crippen LogP contribution in [0.4, 0.5) is 0 Å². The van der Waals surface area contributed by atoms with Gasteiger partial charge in [0.2, 0.25) is 0 Å². The van der Waals surface area contributed by atoms with Crippen LogP contribution in [0.2, 0.25) is 0 Å². The lowest BCUT2D eigenvalue weighted by Gasteiger charge is -2.22. The van der Waals surface area contributed by atoms with E-state index in [9.17, 15) is 14.4 Å². The number of hydrogen-bond acceptors (Lipinski definition) is 3. The molecule has 0 bridgehead atoms. The summed E-state index contributed by atoms with van der Waals surface area (Å²) in [4.78, 5) is 37.5. The number of carbonyl (C=O) groups excluding carboxylic acids is 3. The highest BCUT2D eigenvalue weighted by Crippen LogP contribution is 2.33. The summed E-state index contributed by atoms with van der Waals surface area (Å²) in [7, 11) is 0. The molecule has 0 aliphatic heterocycles. The predicted octanol–water partition coefficient (Wildman–Crippen LogP) is 4.56. The predicted molar refractivity (Wildman–Crippen MR) is 95.2 cm³/mol. The summed E-state index contributed by atoms with van der Waals surface area (Å²) in [5, 5.41) is 0. The van der Waals surface area contributed by atoms with Crippen LogP contribution in [0, 0.1) is 6.92 Å². The van der Waals surface area contributed by atoms with E-state index in [1.165, 1.54) is 6.92 Å². The molecule has 1 aliphatic rings. The zero-order chi connectivity index (χ0) is 18.0. The normalized spacial score (nSPS) is 12.0. The van der Waals surface area contributed by atoms with Gasteiger partial charge in [0, 0.05) is 27.8 Å². The SMILES string of the molecule is CC.CCc1c(C(C)=O)c(C)cc2c1C(=O)c1ccccc1C2=O. The van der Waals surface area contributed by atoms with Crippen molar-refractivity contribution in [1.82, 2.24) is 0 Å². The Morgan fingerprint density at radius 1 is 0.958 bits per heavy atom. The molecule has 0 atom stereocenters. The minimum Gasteiger partial charge on any atom is -0.294 e. The van der Waals surface area contributed by atoms with E-state index in [1.54, 1.807) is 30.3 Å². The van der Waals surface area contributed by atoms with Gasteiger partial charge in [-0.25, -0.2) is 0 Å². The van der Waals surface area contributed by atoms with E-state index in [0.29, 0.717) is 39.8 Å². The highest BCUT2D eigenvalue weighted by Gasteiger charge is 2.33. The van der Waals surface area contributed by atoms with Crippen LogP contribution in [-0.2, 0) is 6.42 Å². The molecule has 3 heteroatoms. The molecule has 0 saturated carbocycles. The van der Waals surface area contributed by atoms with Crippen molar-refractivity contribution in [3.8, 4) is 0 Å². The van der Waals surface area contributed by atoms with Gasteiger partial charge in [0.15, 0.2) is 17.3 Å². The molecule has 0 aromatic heterocycles. The maximum Gasteiger partial charge on any atom is 0.194 e. The van der Waals surface area contributed by atoms with Gasteiger partial charge in [-0.15, -0.1) is 0 Å². The zero-order valence-electron chi connectivity index (χ0n) is 14.8. The van der Waals surface area contributed by atoms with Crippen molar-refractivity contribution in [2.24, 2.45) is 0 Å². The highest BCUT2D eigenvalue weighted by atomic mass is 16.1. The molecule has 2 aromatic carbocycles. The van der Waals surface area contributed by atoms with Gasteiger partial charge in [-0.3, -0.25) is 14.4 Å². The summed E-state index contributed by atoms with van der Waals surface area (Å²) in [5.74, 6) is -0.376. The van der Waals surface area contributed by atoms with Crippen LogP contribution in [0.5, 0.6) is 0 Å². The topological polar surface area (TPSA) is 51.2 Å². The molecular formula is C21H22O3. The smallest absolute Gasteiger partial charge is 0.194 e. The third-order valence-corrected chi connectivity index (χ3v) is 4.22. The van der Waals surface area contributed by atoms with Crippen molar-refractivity contribution in [3.05, 3.63) is 69.3 Å². The average Bonchev–Trinajstić information content (AvgIpc) is 2.60. The first-order valence-corrected chi connectivity index (χ1v) is 8.33. The maximum atomic E-state index is 12.9. The van der Waals surface area contributed by atoms with Gasteiger partial charge in [-0.1, -0.05) is 45.0 Å². The average molecular weight is 322 g/mol. The molecule has 1 aliphatic carbocycles. The quantitative estimate of drug-likeness (QED) is 0.650. The van der Waals surface area contributed by atoms with Crippen LogP contribution >= 0.6 is 0 Å². The lowest BCUT2D eigenvalue weighted by atomic mass is 9.78. The van der Waals surface area contributed by atoms with E-state index in [0.717, 1.165) is 5.56 Å². The van der Waals surface area contributed by atoms with Crippen LogP contribution in [-0.4, -0.2) is 17.3 Å². The second kappa shape index (κ2) is 6.91. The van der Waals surface area contributed by atoms with Crippen molar-refractivity contribution < 1.29 is 14.4 Å². The molecule has 3 rings (SSSR count). The van der Waals surface area contributed by atoms with Gasteiger partial charge in [0.1, 0.15) is 0 Å². The van der Waals surface area contributed by atoms with Crippen LogP contribution in [0.25, 0.3) is 0 Å². The van der Waals surface area contributed by atoms with Crippen molar-refractivity contribution >= 4 is 17.3 Å². The van der Waals surface area contributed by atoms with E-state index in [-0.39, 0.29) is 17.3 Å². The Morgan fingerprint density at radius 3 is 2.00 bits per heavy atom. The molecule has 24 heavy (non-hydrogen) atoms. The Hall–Kier alpha value is -2.55. The monoisotopic (exact) mass is 322 g/mol. The van der Waals surface area contributed by atoms with Crippen LogP contribution in [0.3, 0.4) is 0 Å². The number of benzene rings is 2. The molecule has 2 aromatic rings. The molecule has 3 nitrogen and oxygen atoms in total. The Kier molecular flexibility index (Phi) is 5.13. The van der Waals surface area contributed by atoms with Crippen molar-refractivity contribution in [2.75, 3.05) is 0 Å². The van der Waals surface area contributed by atoms with Crippen molar-refractivity contribution in [3.63, 3.8) is 0 Å². The van der Waals surface area contributed by atoms with Gasteiger partial charge in [-0.05, 0) is 37.5 Å². The lowest BCUT2D eigenvalue weighted by molar-refractivity contribution is 0.0976. The first-order chi connectivity index (χ1) is 11.5. The summed E-state index contributed by atoms with van der Waals surface area (Å²) < 4.78 is 0. The first-order valence-electron chi connectivity index (χ1n) is 8.33. The number of Topliss-reactive ketones (excluding diaryl/α,β-unsaturated/α-hetero) is 1. The molecule has 0 unspecified atom stereocenters. The fourth-order valence-electron chi connectivity index (χ4n) is 3.33. The molecule has 124 valence electrons. The molecular weight excluding hydrogens is 300 g/mol. The van der Waals surface area contributed by atoms with E-state index in [1.807, 2.05) is 27.7 Å². The number of carbonyl (C=O) groups is 3. The highest BCUT2D eigenvalue weighted by molar-refractivity contribution is 6.29. The Balaban J connectivity index is 0.00000100. The van der Waals surface area contributed by atoms with Gasteiger partial charge < -0.3 is 0 Å². The summed E-state index contributed by atoms with van der Waals surface area (Å²) in [6.07, 6.45) is 0.542. The zero-order valence-corrected chi connectivity index (χ0v) is 14.8. The van der Waals surface area contributed by atoms with Crippen LogP contribution < -0.4 is 0 Å². The number of hydrogen-bond donors (Lipinski definition) is 0. The summed E-state index contributed by atoms with van der Waals surface area (Å²) in [6, 6.07) is 8.54. The van der Waals surface area contributed by atoms with E-state index < -0.39 is 0 Å². The third kappa shape index (κ3) is 2.60. The van der Waals surface area contributed by atoms with E-state index in [2.05, 4.69) is 0 Å². The van der Waals surface area contributed by atoms with Gasteiger partial charge in [-0.2, -0.15) is 0 Å². The van der Waals surface area contributed by atoms with Crippen molar-refractivity contribution in [2.45, 2.75) is 41.0 Å². The van der Waals surface area contributed by atoms with Crippen LogP contribution in [0.15, 0.2) is 30.3 Å². The van der Waals surface area contributed by atoms with E-state index >= 15 is 0 Å². The second-order valence-electron chi connectivity index (χ2n) is 5.58. The molecule has 0 spiro atoms. The summed E-state index contributed by atoms with van der Waals surface area (Å²) in [6.45, 7) is 9.21. The standard InChI is InChI=1S/C19H16O3.C2H6/c1-4-12-16(11(3)20)10(2)9-15-17(12)19(22)14-8-6-5-7-13(14)18(15)21;1-2/h5-9H,4H2,1-3H3;1-2H3. The molecule has 0 radical (unpaired) electrons. The Labute approximate surface area is 142 Å². The fraction of sp³-hybridized carbons (Fsp3) is 0.286. The molecule has 0 fully saturated rings.